The Morgan fingerprint density at radius 3 is 2.67 bits per heavy atom. The maximum atomic E-state index is 5.26. The lowest BCUT2D eigenvalue weighted by Crippen LogP contribution is -1.92. The zero-order valence-corrected chi connectivity index (χ0v) is 12.1. The topological polar surface area (TPSA) is 33.6 Å². The Labute approximate surface area is 120 Å². The van der Waals surface area contributed by atoms with Crippen LogP contribution in [0.1, 0.15) is 5.56 Å². The first-order valence-corrected chi connectivity index (χ1v) is 6.55. The monoisotopic (exact) mass is 352 g/mol. The molecule has 0 amide bonds. The van der Waals surface area contributed by atoms with E-state index in [1.165, 1.54) is 0 Å². The molecule has 0 aliphatic rings. The van der Waals surface area contributed by atoms with E-state index >= 15 is 0 Å². The summed E-state index contributed by atoms with van der Waals surface area (Å²) < 4.78 is 6.35. The number of rotatable bonds is 4. The Morgan fingerprint density at radius 1 is 1.17 bits per heavy atom. The number of para-hydroxylation sites is 1. The number of benzene rings is 2. The molecule has 0 aliphatic heterocycles. The third kappa shape index (κ3) is 3.46. The maximum absolute atomic E-state index is 5.26. The van der Waals surface area contributed by atoms with Crippen molar-refractivity contribution in [2.24, 2.45) is 5.10 Å². The molecule has 18 heavy (non-hydrogen) atoms. The van der Waals surface area contributed by atoms with Crippen LogP contribution in [0.4, 0.5) is 5.69 Å². The van der Waals surface area contributed by atoms with E-state index < -0.39 is 0 Å². The van der Waals surface area contributed by atoms with Gasteiger partial charge in [-0.25, -0.2) is 0 Å². The molecule has 3 nitrogen and oxygen atoms in total. The highest BCUT2D eigenvalue weighted by Crippen LogP contribution is 2.21. The average Bonchev–Trinajstić information content (AvgIpc) is 2.42. The highest BCUT2D eigenvalue weighted by Gasteiger charge is 1.99. The summed E-state index contributed by atoms with van der Waals surface area (Å²) in [5, 5.41) is 4.18. The largest absolute Gasteiger partial charge is 0.496 e. The van der Waals surface area contributed by atoms with Gasteiger partial charge in [0.2, 0.25) is 0 Å². The number of methoxy groups -OCH3 is 1. The number of halogens is 1. The van der Waals surface area contributed by atoms with E-state index in [4.69, 9.17) is 4.74 Å². The fraction of sp³-hybridized carbons (Fsp3) is 0.0714. The molecule has 2 aromatic rings. The van der Waals surface area contributed by atoms with Crippen molar-refractivity contribution in [3.05, 3.63) is 57.7 Å². The maximum Gasteiger partial charge on any atom is 0.132 e. The second-order valence-corrected chi connectivity index (χ2v) is 4.79. The molecule has 0 unspecified atom stereocenters. The molecule has 4 heteroatoms. The molecule has 0 saturated carbocycles. The second kappa shape index (κ2) is 6.39. The minimum atomic E-state index is 0.860. The predicted octanol–water partition coefficient (Wildman–Crippen LogP) is 3.75. The quantitative estimate of drug-likeness (QED) is 0.517. The zero-order valence-electron chi connectivity index (χ0n) is 9.93. The Hall–Kier alpha value is -1.56. The highest BCUT2D eigenvalue weighted by atomic mass is 127. The molecule has 92 valence electrons. The lowest BCUT2D eigenvalue weighted by molar-refractivity contribution is 0.412. The van der Waals surface area contributed by atoms with Gasteiger partial charge in [0.15, 0.2) is 0 Å². The summed E-state index contributed by atoms with van der Waals surface area (Å²) in [6.45, 7) is 0. The van der Waals surface area contributed by atoms with E-state index in [-0.39, 0.29) is 0 Å². The molecule has 1 N–H and O–H groups in total. The number of ether oxygens (including phenoxy) is 1. The van der Waals surface area contributed by atoms with Gasteiger partial charge in [0.05, 0.1) is 22.6 Å². The van der Waals surface area contributed by atoms with Crippen molar-refractivity contribution in [3.8, 4) is 5.75 Å². The molecule has 0 aromatic heterocycles. The second-order valence-electron chi connectivity index (χ2n) is 3.63. The molecule has 0 radical (unpaired) electrons. The number of hydrazone groups is 1. The van der Waals surface area contributed by atoms with E-state index in [2.05, 4.69) is 33.1 Å². The molecular formula is C14H13IN2O. The van der Waals surface area contributed by atoms with E-state index in [1.54, 1.807) is 13.3 Å². The smallest absolute Gasteiger partial charge is 0.132 e. The van der Waals surface area contributed by atoms with Crippen molar-refractivity contribution in [1.29, 1.82) is 0 Å². The van der Waals surface area contributed by atoms with E-state index in [1.807, 2.05) is 48.5 Å². The van der Waals surface area contributed by atoms with Crippen LogP contribution in [-0.2, 0) is 0 Å². The third-order valence-electron chi connectivity index (χ3n) is 2.36. The number of nitrogens with zero attached hydrogens (tertiary/aromatic N) is 1. The predicted molar refractivity (Wildman–Crippen MR) is 83.4 cm³/mol. The molecule has 0 saturated heterocycles. The minimum Gasteiger partial charge on any atom is -0.496 e. The lowest BCUT2D eigenvalue weighted by atomic mass is 10.2. The van der Waals surface area contributed by atoms with Gasteiger partial charge in [-0.15, -0.1) is 0 Å². The highest BCUT2D eigenvalue weighted by molar-refractivity contribution is 14.1. The third-order valence-corrected chi connectivity index (χ3v) is 3.25. The Morgan fingerprint density at radius 2 is 1.94 bits per heavy atom. The molecule has 0 aliphatic carbocycles. The van der Waals surface area contributed by atoms with Crippen molar-refractivity contribution in [2.45, 2.75) is 0 Å². The molecule has 0 fully saturated rings. The Balaban J connectivity index is 2.05. The van der Waals surface area contributed by atoms with E-state index in [9.17, 15) is 0 Å². The van der Waals surface area contributed by atoms with Gasteiger partial charge in [-0.05, 0) is 52.4 Å². The van der Waals surface area contributed by atoms with Gasteiger partial charge in [-0.2, -0.15) is 5.10 Å². The van der Waals surface area contributed by atoms with Crippen molar-refractivity contribution < 1.29 is 4.74 Å². The molecular weight excluding hydrogens is 339 g/mol. The van der Waals surface area contributed by atoms with Crippen molar-refractivity contribution in [3.63, 3.8) is 0 Å². The van der Waals surface area contributed by atoms with Gasteiger partial charge in [0, 0.05) is 0 Å². The standard InChI is InChI=1S/C14H13IN2O/c1-18-14-9-11(7-8-13(14)15)10-16-17-12-5-3-2-4-6-12/h2-10,17H,1H3. The molecule has 2 rings (SSSR count). The van der Waals surface area contributed by atoms with Crippen LogP contribution >= 0.6 is 22.6 Å². The fourth-order valence-electron chi connectivity index (χ4n) is 1.45. The summed E-state index contributed by atoms with van der Waals surface area (Å²) in [6, 6.07) is 15.8. The number of hydrogen-bond acceptors (Lipinski definition) is 3. The summed E-state index contributed by atoms with van der Waals surface area (Å²) in [5.41, 5.74) is 4.93. The van der Waals surface area contributed by atoms with Crippen LogP contribution in [0.3, 0.4) is 0 Å². The summed E-state index contributed by atoms with van der Waals surface area (Å²) in [5.74, 6) is 0.860. The molecule has 2 aromatic carbocycles. The normalized spacial score (nSPS) is 10.6. The SMILES string of the molecule is COc1cc(C=NNc2ccccc2)ccc1I. The summed E-state index contributed by atoms with van der Waals surface area (Å²) in [7, 11) is 1.67. The summed E-state index contributed by atoms with van der Waals surface area (Å²) in [6.07, 6.45) is 1.77. The van der Waals surface area contributed by atoms with Crippen LogP contribution in [0, 0.1) is 3.57 Å². The van der Waals surface area contributed by atoms with Gasteiger partial charge in [0.1, 0.15) is 5.75 Å². The Kier molecular flexibility index (Phi) is 4.58. The van der Waals surface area contributed by atoms with Gasteiger partial charge in [-0.1, -0.05) is 24.3 Å². The van der Waals surface area contributed by atoms with Crippen molar-refractivity contribution in [2.75, 3.05) is 12.5 Å². The summed E-state index contributed by atoms with van der Waals surface area (Å²) >= 11 is 2.24. The van der Waals surface area contributed by atoms with Crippen LogP contribution in [-0.4, -0.2) is 13.3 Å². The molecule has 0 heterocycles. The van der Waals surface area contributed by atoms with Gasteiger partial charge in [-0.3, -0.25) is 5.43 Å². The lowest BCUT2D eigenvalue weighted by Gasteiger charge is -2.03. The van der Waals surface area contributed by atoms with E-state index in [0.29, 0.717) is 0 Å². The fourth-order valence-corrected chi connectivity index (χ4v) is 2.01. The number of anilines is 1. The van der Waals surface area contributed by atoms with Crippen LogP contribution in [0.15, 0.2) is 53.6 Å². The first-order chi connectivity index (χ1) is 8.79. The Bertz CT molecular complexity index is 541. The van der Waals surface area contributed by atoms with Crippen LogP contribution < -0.4 is 10.2 Å². The van der Waals surface area contributed by atoms with Crippen LogP contribution in [0.5, 0.6) is 5.75 Å². The first kappa shape index (κ1) is 12.9. The summed E-state index contributed by atoms with van der Waals surface area (Å²) in [4.78, 5) is 0. The number of nitrogens with one attached hydrogen (secondary N) is 1. The van der Waals surface area contributed by atoms with Crippen molar-refractivity contribution in [1.82, 2.24) is 0 Å². The van der Waals surface area contributed by atoms with Gasteiger partial charge in [0.25, 0.3) is 0 Å². The number of hydrogen-bond donors (Lipinski definition) is 1. The van der Waals surface area contributed by atoms with Crippen LogP contribution in [0.25, 0.3) is 0 Å². The van der Waals surface area contributed by atoms with E-state index in [0.717, 1.165) is 20.6 Å². The average molecular weight is 352 g/mol. The molecule has 0 spiro atoms. The first-order valence-electron chi connectivity index (χ1n) is 5.47. The minimum absolute atomic E-state index is 0.860. The van der Waals surface area contributed by atoms with Crippen LogP contribution in [0.2, 0.25) is 0 Å². The van der Waals surface area contributed by atoms with Crippen molar-refractivity contribution >= 4 is 34.5 Å². The van der Waals surface area contributed by atoms with Gasteiger partial charge < -0.3 is 4.74 Å². The zero-order chi connectivity index (χ0) is 12.8. The van der Waals surface area contributed by atoms with Gasteiger partial charge >= 0.3 is 0 Å². The molecule has 0 atom stereocenters. The molecule has 0 bridgehead atoms.